The van der Waals surface area contributed by atoms with E-state index in [9.17, 15) is 18.7 Å². The molecule has 0 aliphatic carbocycles. The van der Waals surface area contributed by atoms with E-state index in [1.165, 1.54) is 30.5 Å². The molecule has 1 amide bonds. The predicted octanol–water partition coefficient (Wildman–Crippen LogP) is 3.68. The van der Waals surface area contributed by atoms with Crippen LogP contribution >= 0.6 is 0 Å². The van der Waals surface area contributed by atoms with Crippen molar-refractivity contribution in [2.24, 2.45) is 0 Å². The Morgan fingerprint density at radius 1 is 1.31 bits per heavy atom. The minimum Gasteiger partial charge on any atom is -0.433 e. The van der Waals surface area contributed by atoms with E-state index in [1.807, 2.05) is 4.90 Å². The number of aromatic nitrogens is 3. The number of ether oxygens (including phenoxy) is 1. The second-order valence-electron chi connectivity index (χ2n) is 8.12. The fourth-order valence-electron chi connectivity index (χ4n) is 3.58. The van der Waals surface area contributed by atoms with Gasteiger partial charge in [0.15, 0.2) is 0 Å². The van der Waals surface area contributed by atoms with Crippen molar-refractivity contribution in [3.05, 3.63) is 54.4 Å². The predicted molar refractivity (Wildman–Crippen MR) is 115 cm³/mol. The van der Waals surface area contributed by atoms with Gasteiger partial charge in [0.2, 0.25) is 0 Å². The Bertz CT molecular complexity index is 1100. The van der Waals surface area contributed by atoms with Crippen LogP contribution in [0.15, 0.2) is 48.8 Å². The van der Waals surface area contributed by atoms with Crippen molar-refractivity contribution in [3.8, 4) is 17.0 Å². The number of H-pyrrole nitrogens is 1. The fourth-order valence-corrected chi connectivity index (χ4v) is 3.58. The number of rotatable bonds is 6. The molecule has 10 heteroatoms. The van der Waals surface area contributed by atoms with Crippen LogP contribution in [0, 0.1) is 0 Å². The van der Waals surface area contributed by atoms with Gasteiger partial charge in [-0.1, -0.05) is 0 Å². The standard InChI is InChI=1S/C22H23F2N5O3/c1-21(31)8-10-29(13-21)19-17(18-7-9-26-28-18)11-14(12-25-19)20(30)27-15-3-5-16(6-4-15)32-22(2,23)24/h3-7,9,11-12,31H,8,10,13H2,1-2H3,(H,26,28)(H,27,30)/t21-/m0/s1. The van der Waals surface area contributed by atoms with E-state index >= 15 is 0 Å². The number of nitrogens with one attached hydrogen (secondary N) is 2. The molecular formula is C22H23F2N5O3. The molecule has 1 aliphatic heterocycles. The van der Waals surface area contributed by atoms with Gasteiger partial charge in [0, 0.05) is 43.7 Å². The number of pyridine rings is 1. The van der Waals surface area contributed by atoms with Crippen LogP contribution in [0.5, 0.6) is 5.75 Å². The van der Waals surface area contributed by atoms with Gasteiger partial charge in [0.05, 0.1) is 16.9 Å². The van der Waals surface area contributed by atoms with Crippen LogP contribution in [-0.4, -0.2) is 51.0 Å². The number of anilines is 2. The van der Waals surface area contributed by atoms with Gasteiger partial charge in [-0.3, -0.25) is 9.89 Å². The number of alkyl halides is 2. The van der Waals surface area contributed by atoms with E-state index in [1.54, 1.807) is 25.3 Å². The zero-order valence-corrected chi connectivity index (χ0v) is 17.6. The first-order chi connectivity index (χ1) is 15.1. The van der Waals surface area contributed by atoms with Crippen LogP contribution in [0.4, 0.5) is 20.3 Å². The molecule has 1 aromatic carbocycles. The zero-order valence-electron chi connectivity index (χ0n) is 17.6. The Morgan fingerprint density at radius 3 is 2.66 bits per heavy atom. The number of aromatic amines is 1. The number of hydrogen-bond acceptors (Lipinski definition) is 6. The van der Waals surface area contributed by atoms with E-state index in [0.717, 1.165) is 0 Å². The summed E-state index contributed by atoms with van der Waals surface area (Å²) in [6.45, 7) is 3.50. The van der Waals surface area contributed by atoms with Crippen LogP contribution in [-0.2, 0) is 0 Å². The van der Waals surface area contributed by atoms with Crippen LogP contribution in [0.1, 0.15) is 30.6 Å². The number of hydrogen-bond donors (Lipinski definition) is 3. The van der Waals surface area contributed by atoms with Crippen LogP contribution < -0.4 is 15.0 Å². The summed E-state index contributed by atoms with van der Waals surface area (Å²) in [6.07, 6.45) is 0.398. The van der Waals surface area contributed by atoms with Gasteiger partial charge in [-0.15, -0.1) is 0 Å². The summed E-state index contributed by atoms with van der Waals surface area (Å²) in [5, 5.41) is 19.9. The minimum atomic E-state index is -3.29. The molecule has 0 radical (unpaired) electrons. The van der Waals surface area contributed by atoms with Crippen molar-refractivity contribution >= 4 is 17.4 Å². The highest BCUT2D eigenvalue weighted by Crippen LogP contribution is 2.33. The van der Waals surface area contributed by atoms with Crippen LogP contribution in [0.2, 0.25) is 0 Å². The topological polar surface area (TPSA) is 103 Å². The molecule has 8 nitrogen and oxygen atoms in total. The summed E-state index contributed by atoms with van der Waals surface area (Å²) in [4.78, 5) is 19.3. The monoisotopic (exact) mass is 443 g/mol. The third-order valence-corrected chi connectivity index (χ3v) is 5.08. The van der Waals surface area contributed by atoms with Gasteiger partial charge in [-0.2, -0.15) is 13.9 Å². The lowest BCUT2D eigenvalue weighted by Crippen LogP contribution is -2.30. The third kappa shape index (κ3) is 5.02. The molecule has 1 atom stereocenters. The average Bonchev–Trinajstić information content (AvgIpc) is 3.37. The summed E-state index contributed by atoms with van der Waals surface area (Å²) < 4.78 is 30.4. The molecule has 1 saturated heterocycles. The molecule has 32 heavy (non-hydrogen) atoms. The highest BCUT2D eigenvalue weighted by molar-refractivity contribution is 6.05. The number of carbonyl (C=O) groups excluding carboxylic acids is 1. The molecule has 0 unspecified atom stereocenters. The number of halogens is 2. The first-order valence-electron chi connectivity index (χ1n) is 10.1. The minimum absolute atomic E-state index is 0.00968. The molecule has 3 N–H and O–H groups in total. The summed E-state index contributed by atoms with van der Waals surface area (Å²) >= 11 is 0. The lowest BCUT2D eigenvalue weighted by molar-refractivity contribution is -0.158. The van der Waals surface area contributed by atoms with Crippen molar-refractivity contribution in [1.82, 2.24) is 15.2 Å². The van der Waals surface area contributed by atoms with Crippen LogP contribution in [0.3, 0.4) is 0 Å². The quantitative estimate of drug-likeness (QED) is 0.537. The zero-order chi connectivity index (χ0) is 22.9. The van der Waals surface area contributed by atoms with Gasteiger partial charge >= 0.3 is 6.11 Å². The first-order valence-corrected chi connectivity index (χ1v) is 10.1. The van der Waals surface area contributed by atoms with Crippen molar-refractivity contribution in [1.29, 1.82) is 0 Å². The second kappa shape index (κ2) is 8.19. The number of nitrogens with zero attached hydrogens (tertiary/aromatic N) is 3. The molecule has 3 heterocycles. The van der Waals surface area contributed by atoms with Crippen molar-refractivity contribution in [2.75, 3.05) is 23.3 Å². The fraction of sp³-hybridized carbons (Fsp3) is 0.318. The molecule has 0 bridgehead atoms. The highest BCUT2D eigenvalue weighted by Gasteiger charge is 2.33. The number of benzene rings is 1. The number of aliphatic hydroxyl groups is 1. The molecule has 1 fully saturated rings. The Kier molecular flexibility index (Phi) is 5.55. The number of β-amino-alcohol motifs (C(OH)–C–C–N with tert-alkyl or cyclic N) is 1. The van der Waals surface area contributed by atoms with E-state index in [-0.39, 0.29) is 5.75 Å². The normalized spacial score (nSPS) is 18.6. The van der Waals surface area contributed by atoms with E-state index in [2.05, 4.69) is 25.2 Å². The Hall–Kier alpha value is -3.53. The molecular weight excluding hydrogens is 420 g/mol. The number of carbonyl (C=O) groups is 1. The summed E-state index contributed by atoms with van der Waals surface area (Å²) in [7, 11) is 0. The average molecular weight is 443 g/mol. The molecule has 0 spiro atoms. The molecule has 168 valence electrons. The molecule has 3 aromatic rings. The van der Waals surface area contributed by atoms with Crippen molar-refractivity contribution in [3.63, 3.8) is 0 Å². The maximum atomic E-state index is 13.0. The SMILES string of the molecule is CC(F)(F)Oc1ccc(NC(=O)c2cnc(N3CC[C@](C)(O)C3)c(-c3ccn[nH]3)c2)cc1. The van der Waals surface area contributed by atoms with E-state index < -0.39 is 17.6 Å². The lowest BCUT2D eigenvalue weighted by Gasteiger charge is -2.22. The first kappa shape index (κ1) is 21.7. The van der Waals surface area contributed by atoms with E-state index in [4.69, 9.17) is 0 Å². The molecule has 2 aromatic heterocycles. The lowest BCUT2D eigenvalue weighted by atomic mass is 10.1. The Labute approximate surface area is 183 Å². The summed E-state index contributed by atoms with van der Waals surface area (Å²) in [5.74, 6) is 0.225. The largest absolute Gasteiger partial charge is 0.433 e. The van der Waals surface area contributed by atoms with Gasteiger partial charge in [-0.05, 0) is 49.7 Å². The summed E-state index contributed by atoms with van der Waals surface area (Å²) in [6, 6.07) is 9.13. The van der Waals surface area contributed by atoms with Crippen molar-refractivity contribution in [2.45, 2.75) is 32.0 Å². The van der Waals surface area contributed by atoms with Gasteiger partial charge in [0.1, 0.15) is 11.6 Å². The van der Waals surface area contributed by atoms with Gasteiger partial charge in [0.25, 0.3) is 5.91 Å². The smallest absolute Gasteiger partial charge is 0.394 e. The highest BCUT2D eigenvalue weighted by atomic mass is 19.3. The van der Waals surface area contributed by atoms with E-state index in [0.29, 0.717) is 54.8 Å². The summed E-state index contributed by atoms with van der Waals surface area (Å²) in [5.41, 5.74) is 1.30. The van der Waals surface area contributed by atoms with Gasteiger partial charge < -0.3 is 20.1 Å². The Morgan fingerprint density at radius 2 is 2.06 bits per heavy atom. The Balaban J connectivity index is 1.56. The second-order valence-corrected chi connectivity index (χ2v) is 8.12. The van der Waals surface area contributed by atoms with Crippen LogP contribution in [0.25, 0.3) is 11.3 Å². The molecule has 0 saturated carbocycles. The molecule has 1 aliphatic rings. The van der Waals surface area contributed by atoms with Gasteiger partial charge in [-0.25, -0.2) is 4.98 Å². The van der Waals surface area contributed by atoms with Crippen molar-refractivity contribution < 1.29 is 23.4 Å². The third-order valence-electron chi connectivity index (χ3n) is 5.08. The molecule has 4 rings (SSSR count). The number of amides is 1. The maximum absolute atomic E-state index is 13.0. The maximum Gasteiger partial charge on any atom is 0.394 e.